The number of nitriles is 1. The van der Waals surface area contributed by atoms with Crippen LogP contribution in [-0.2, 0) is 13.1 Å². The molecule has 0 atom stereocenters. The molecule has 0 N–H and O–H groups in total. The SMILES string of the molecule is C#CCn1ccc(CN(CC)c2nc(C)cc(C)c2C#N)n1. The molecule has 0 saturated heterocycles. The van der Waals surface area contributed by atoms with Crippen LogP contribution in [0, 0.1) is 37.5 Å². The molecule has 0 spiro atoms. The number of rotatable bonds is 5. The number of hydrogen-bond acceptors (Lipinski definition) is 4. The van der Waals surface area contributed by atoms with Crippen molar-refractivity contribution in [3.63, 3.8) is 0 Å². The van der Waals surface area contributed by atoms with Gasteiger partial charge in [0.2, 0.25) is 0 Å². The Labute approximate surface area is 131 Å². The lowest BCUT2D eigenvalue weighted by molar-refractivity contribution is 0.684. The Hall–Kier alpha value is -2.79. The van der Waals surface area contributed by atoms with Gasteiger partial charge in [-0.05, 0) is 38.5 Å². The Morgan fingerprint density at radius 2 is 2.18 bits per heavy atom. The molecule has 0 aliphatic carbocycles. The maximum Gasteiger partial charge on any atom is 0.147 e. The molecule has 0 amide bonds. The third-order valence-corrected chi connectivity index (χ3v) is 3.42. The average molecular weight is 293 g/mol. The number of nitrogens with zero attached hydrogens (tertiary/aromatic N) is 5. The van der Waals surface area contributed by atoms with E-state index in [0.29, 0.717) is 24.5 Å². The lowest BCUT2D eigenvalue weighted by Crippen LogP contribution is -2.25. The van der Waals surface area contributed by atoms with Crippen LogP contribution in [0.1, 0.15) is 29.4 Å². The minimum atomic E-state index is 0.456. The van der Waals surface area contributed by atoms with E-state index >= 15 is 0 Å². The molecule has 0 radical (unpaired) electrons. The van der Waals surface area contributed by atoms with Crippen LogP contribution in [0.25, 0.3) is 0 Å². The van der Waals surface area contributed by atoms with Gasteiger partial charge >= 0.3 is 0 Å². The molecular weight excluding hydrogens is 274 g/mol. The van der Waals surface area contributed by atoms with Crippen molar-refractivity contribution in [2.75, 3.05) is 11.4 Å². The summed E-state index contributed by atoms with van der Waals surface area (Å²) < 4.78 is 1.73. The van der Waals surface area contributed by atoms with Crippen LogP contribution in [-0.4, -0.2) is 21.3 Å². The molecular formula is C17H19N5. The summed E-state index contributed by atoms with van der Waals surface area (Å²) in [4.78, 5) is 6.61. The molecule has 0 aliphatic rings. The summed E-state index contributed by atoms with van der Waals surface area (Å²) >= 11 is 0. The van der Waals surface area contributed by atoms with E-state index in [-0.39, 0.29) is 0 Å². The quantitative estimate of drug-likeness (QED) is 0.794. The Morgan fingerprint density at radius 1 is 1.41 bits per heavy atom. The molecule has 2 aromatic heterocycles. The number of pyridine rings is 1. The monoisotopic (exact) mass is 293 g/mol. The molecule has 22 heavy (non-hydrogen) atoms. The maximum atomic E-state index is 9.42. The van der Waals surface area contributed by atoms with Crippen LogP contribution in [0.3, 0.4) is 0 Å². The second-order valence-corrected chi connectivity index (χ2v) is 5.11. The van der Waals surface area contributed by atoms with Gasteiger partial charge in [0, 0.05) is 18.4 Å². The molecule has 2 aromatic rings. The van der Waals surface area contributed by atoms with Crippen LogP contribution in [0.5, 0.6) is 0 Å². The summed E-state index contributed by atoms with van der Waals surface area (Å²) in [5.74, 6) is 3.28. The van der Waals surface area contributed by atoms with E-state index in [2.05, 4.69) is 27.0 Å². The topological polar surface area (TPSA) is 57.7 Å². The Morgan fingerprint density at radius 3 is 2.82 bits per heavy atom. The van der Waals surface area contributed by atoms with Gasteiger partial charge in [-0.25, -0.2) is 4.98 Å². The van der Waals surface area contributed by atoms with Crippen molar-refractivity contribution in [2.24, 2.45) is 0 Å². The van der Waals surface area contributed by atoms with Crippen molar-refractivity contribution >= 4 is 5.82 Å². The van der Waals surface area contributed by atoms with E-state index in [1.807, 2.05) is 39.1 Å². The molecule has 0 aromatic carbocycles. The van der Waals surface area contributed by atoms with E-state index in [9.17, 15) is 5.26 Å². The van der Waals surface area contributed by atoms with E-state index < -0.39 is 0 Å². The van der Waals surface area contributed by atoms with Gasteiger partial charge in [-0.15, -0.1) is 6.42 Å². The molecule has 5 nitrogen and oxygen atoms in total. The number of anilines is 1. The van der Waals surface area contributed by atoms with Crippen LogP contribution < -0.4 is 4.90 Å². The lowest BCUT2D eigenvalue weighted by atomic mass is 10.1. The minimum Gasteiger partial charge on any atom is -0.350 e. The third kappa shape index (κ3) is 3.27. The predicted octanol–water partition coefficient (Wildman–Crippen LogP) is 2.43. The Balaban J connectivity index is 2.32. The highest BCUT2D eigenvalue weighted by molar-refractivity contribution is 5.58. The zero-order chi connectivity index (χ0) is 16.1. The van der Waals surface area contributed by atoms with Gasteiger partial charge in [0.1, 0.15) is 18.4 Å². The number of aromatic nitrogens is 3. The smallest absolute Gasteiger partial charge is 0.147 e. The second kappa shape index (κ2) is 6.78. The van der Waals surface area contributed by atoms with Gasteiger partial charge in [-0.1, -0.05) is 5.92 Å². The Bertz CT molecular complexity index is 745. The second-order valence-electron chi connectivity index (χ2n) is 5.11. The van der Waals surface area contributed by atoms with E-state index in [4.69, 9.17) is 6.42 Å². The summed E-state index contributed by atoms with van der Waals surface area (Å²) in [5.41, 5.74) is 3.38. The molecule has 0 fully saturated rings. The fourth-order valence-electron chi connectivity index (χ4n) is 2.39. The summed E-state index contributed by atoms with van der Waals surface area (Å²) in [6.07, 6.45) is 7.16. The normalized spacial score (nSPS) is 10.0. The van der Waals surface area contributed by atoms with E-state index in [1.165, 1.54) is 0 Å². The van der Waals surface area contributed by atoms with Gasteiger partial charge < -0.3 is 4.90 Å². The van der Waals surface area contributed by atoms with Crippen molar-refractivity contribution in [2.45, 2.75) is 33.9 Å². The zero-order valence-corrected chi connectivity index (χ0v) is 13.2. The summed E-state index contributed by atoms with van der Waals surface area (Å²) in [5, 5.41) is 13.9. The maximum absolute atomic E-state index is 9.42. The van der Waals surface area contributed by atoms with Crippen molar-refractivity contribution in [3.8, 4) is 18.4 Å². The first-order valence-corrected chi connectivity index (χ1v) is 7.18. The van der Waals surface area contributed by atoms with Crippen LogP contribution in [0.2, 0.25) is 0 Å². The van der Waals surface area contributed by atoms with Crippen LogP contribution in [0.15, 0.2) is 18.3 Å². The van der Waals surface area contributed by atoms with Crippen molar-refractivity contribution in [3.05, 3.63) is 40.8 Å². The zero-order valence-electron chi connectivity index (χ0n) is 13.2. The highest BCUT2D eigenvalue weighted by atomic mass is 15.3. The molecule has 0 unspecified atom stereocenters. The standard InChI is InChI=1S/C17H19N5/c1-5-8-22-9-7-15(20-22)12-21(6-2)17-16(11-18)13(3)10-14(4)19-17/h1,7,9-10H,6,8,12H2,2-4H3. The highest BCUT2D eigenvalue weighted by Crippen LogP contribution is 2.23. The largest absolute Gasteiger partial charge is 0.350 e. The lowest BCUT2D eigenvalue weighted by Gasteiger charge is -2.23. The number of aryl methyl sites for hydroxylation is 2. The number of hydrogen-bond donors (Lipinski definition) is 0. The highest BCUT2D eigenvalue weighted by Gasteiger charge is 2.16. The first-order chi connectivity index (χ1) is 10.6. The molecule has 0 aliphatic heterocycles. The summed E-state index contributed by atoms with van der Waals surface area (Å²) in [7, 11) is 0. The van der Waals surface area contributed by atoms with Crippen LogP contribution in [0.4, 0.5) is 5.82 Å². The molecule has 5 heteroatoms. The van der Waals surface area contributed by atoms with E-state index in [0.717, 1.165) is 23.5 Å². The fourth-order valence-corrected chi connectivity index (χ4v) is 2.39. The first kappa shape index (κ1) is 15.6. The third-order valence-electron chi connectivity index (χ3n) is 3.42. The Kier molecular flexibility index (Phi) is 4.80. The molecule has 0 saturated carbocycles. The fraction of sp³-hybridized carbons (Fsp3) is 0.353. The summed E-state index contributed by atoms with van der Waals surface area (Å²) in [6, 6.07) is 6.13. The van der Waals surface area contributed by atoms with Crippen molar-refractivity contribution in [1.29, 1.82) is 5.26 Å². The number of terminal acetylenes is 1. The molecule has 0 bridgehead atoms. The predicted molar refractivity (Wildman–Crippen MR) is 86.2 cm³/mol. The first-order valence-electron chi connectivity index (χ1n) is 7.18. The van der Waals surface area contributed by atoms with Crippen molar-refractivity contribution in [1.82, 2.24) is 14.8 Å². The van der Waals surface area contributed by atoms with Gasteiger partial charge in [-0.3, -0.25) is 4.68 Å². The summed E-state index contributed by atoms with van der Waals surface area (Å²) in [6.45, 7) is 7.71. The van der Waals surface area contributed by atoms with Gasteiger partial charge in [-0.2, -0.15) is 10.4 Å². The van der Waals surface area contributed by atoms with Crippen LogP contribution >= 0.6 is 0 Å². The minimum absolute atomic E-state index is 0.456. The van der Waals surface area contributed by atoms with Gasteiger partial charge in [0.05, 0.1) is 17.8 Å². The van der Waals surface area contributed by atoms with Crippen molar-refractivity contribution < 1.29 is 0 Å². The molecule has 2 rings (SSSR count). The van der Waals surface area contributed by atoms with Gasteiger partial charge in [0.15, 0.2) is 0 Å². The van der Waals surface area contributed by atoms with E-state index in [1.54, 1.807) is 4.68 Å². The molecule has 112 valence electrons. The molecule has 2 heterocycles. The van der Waals surface area contributed by atoms with Gasteiger partial charge in [0.25, 0.3) is 0 Å². The average Bonchev–Trinajstić information content (AvgIpc) is 2.92.